The molecule has 0 saturated heterocycles. The van der Waals surface area contributed by atoms with Crippen molar-refractivity contribution < 1.29 is 0 Å². The molecule has 2 unspecified atom stereocenters. The molecular formula is C4H8Cl2N2. The molecule has 0 fully saturated rings. The Morgan fingerprint density at radius 3 is 2.12 bits per heavy atom. The fourth-order valence-corrected chi connectivity index (χ4v) is 0.118. The largest absolute Gasteiger partial charge is 0.326 e. The summed E-state index contributed by atoms with van der Waals surface area (Å²) in [5, 5.41) is 7.50. The van der Waals surface area contributed by atoms with Crippen LogP contribution < -0.4 is 5.73 Å². The Morgan fingerprint density at radius 2 is 2.12 bits per heavy atom. The van der Waals surface area contributed by atoms with Gasteiger partial charge in [-0.25, -0.2) is 0 Å². The van der Waals surface area contributed by atoms with Crippen molar-refractivity contribution in [2.75, 3.05) is 0 Å². The zero-order valence-electron chi connectivity index (χ0n) is 4.47. The van der Waals surface area contributed by atoms with Crippen LogP contribution in [0.1, 0.15) is 6.92 Å². The number of alkyl halides is 1. The molecule has 0 spiro atoms. The van der Waals surface area contributed by atoms with E-state index in [0.29, 0.717) is 0 Å². The van der Waals surface area contributed by atoms with Gasteiger partial charge in [-0.2, -0.15) is 5.26 Å². The average molecular weight is 155 g/mol. The van der Waals surface area contributed by atoms with E-state index >= 15 is 0 Å². The summed E-state index contributed by atoms with van der Waals surface area (Å²) in [6.07, 6.45) is 0. The molecule has 0 aliphatic carbocycles. The van der Waals surface area contributed by atoms with Gasteiger partial charge in [0.05, 0.1) is 6.07 Å². The third-order valence-electron chi connectivity index (χ3n) is 0.585. The summed E-state index contributed by atoms with van der Waals surface area (Å²) in [5.74, 6) is 0. The van der Waals surface area contributed by atoms with Gasteiger partial charge >= 0.3 is 0 Å². The Hall–Kier alpha value is 0.0300. The molecule has 0 heterocycles. The van der Waals surface area contributed by atoms with Crippen LogP contribution in [0.4, 0.5) is 0 Å². The molecule has 0 bridgehead atoms. The van der Waals surface area contributed by atoms with Crippen LogP contribution in [0.2, 0.25) is 0 Å². The molecule has 0 aliphatic heterocycles. The van der Waals surface area contributed by atoms with Gasteiger partial charge in [0.15, 0.2) is 0 Å². The first kappa shape index (κ1) is 10.9. The molecule has 0 radical (unpaired) electrons. The summed E-state index contributed by atoms with van der Waals surface area (Å²) in [4.78, 5) is 0. The van der Waals surface area contributed by atoms with Gasteiger partial charge in [-0.1, -0.05) is 0 Å². The van der Waals surface area contributed by atoms with Gasteiger partial charge in [0.1, 0.15) is 5.38 Å². The Kier molecular flexibility index (Phi) is 7.06. The number of halogens is 2. The molecule has 0 aromatic carbocycles. The van der Waals surface area contributed by atoms with Crippen molar-refractivity contribution in [1.82, 2.24) is 0 Å². The molecule has 8 heavy (non-hydrogen) atoms. The van der Waals surface area contributed by atoms with Crippen molar-refractivity contribution in [3.8, 4) is 6.07 Å². The van der Waals surface area contributed by atoms with E-state index in [2.05, 4.69) is 0 Å². The maximum atomic E-state index is 8.04. The maximum absolute atomic E-state index is 8.04. The predicted molar refractivity (Wildman–Crippen MR) is 36.2 cm³/mol. The van der Waals surface area contributed by atoms with Gasteiger partial charge < -0.3 is 5.73 Å². The third kappa shape index (κ3) is 4.20. The SMILES string of the molecule is CC(N)C(Cl)C#N.Cl. The highest BCUT2D eigenvalue weighted by molar-refractivity contribution is 6.22. The van der Waals surface area contributed by atoms with E-state index in [1.54, 1.807) is 13.0 Å². The molecule has 2 nitrogen and oxygen atoms in total. The van der Waals surface area contributed by atoms with E-state index in [4.69, 9.17) is 22.6 Å². The number of nitriles is 1. The lowest BCUT2D eigenvalue weighted by molar-refractivity contribution is 0.772. The van der Waals surface area contributed by atoms with E-state index in [-0.39, 0.29) is 18.4 Å². The molecule has 0 aromatic heterocycles. The normalized spacial score (nSPS) is 15.2. The first-order valence-electron chi connectivity index (χ1n) is 1.97. The van der Waals surface area contributed by atoms with Crippen LogP contribution in [0.15, 0.2) is 0 Å². The molecule has 2 N–H and O–H groups in total. The number of rotatable bonds is 1. The Bertz CT molecular complexity index is 86.5. The minimum atomic E-state index is -0.542. The van der Waals surface area contributed by atoms with Crippen LogP contribution >= 0.6 is 24.0 Å². The topological polar surface area (TPSA) is 49.8 Å². The first-order chi connectivity index (χ1) is 3.18. The molecule has 0 aliphatic rings. The summed E-state index contributed by atoms with van der Waals surface area (Å²) in [5.41, 5.74) is 5.19. The molecular weight excluding hydrogens is 147 g/mol. The van der Waals surface area contributed by atoms with Gasteiger partial charge in [-0.3, -0.25) is 0 Å². The minimum absolute atomic E-state index is 0. The van der Waals surface area contributed by atoms with Crippen LogP contribution in [0.5, 0.6) is 0 Å². The average Bonchev–Trinajstić information content (AvgIpc) is 1.65. The van der Waals surface area contributed by atoms with Gasteiger partial charge in [-0.05, 0) is 6.92 Å². The minimum Gasteiger partial charge on any atom is -0.326 e. The highest BCUT2D eigenvalue weighted by atomic mass is 35.5. The van der Waals surface area contributed by atoms with Gasteiger partial charge in [0.25, 0.3) is 0 Å². The van der Waals surface area contributed by atoms with E-state index in [1.165, 1.54) is 0 Å². The summed E-state index contributed by atoms with van der Waals surface area (Å²) in [6, 6.07) is 1.57. The summed E-state index contributed by atoms with van der Waals surface area (Å²) < 4.78 is 0. The van der Waals surface area contributed by atoms with Gasteiger partial charge in [0, 0.05) is 6.04 Å². The standard InChI is InChI=1S/C4H7ClN2.ClH/c1-3(7)4(5)2-6;/h3-4H,7H2,1H3;1H. The fraction of sp³-hybridized carbons (Fsp3) is 0.750. The first-order valence-corrected chi connectivity index (χ1v) is 2.41. The molecule has 4 heteroatoms. The zero-order chi connectivity index (χ0) is 5.86. The van der Waals surface area contributed by atoms with E-state index in [0.717, 1.165) is 0 Å². The second-order valence-electron chi connectivity index (χ2n) is 1.39. The van der Waals surface area contributed by atoms with Crippen LogP contribution in [0, 0.1) is 11.3 Å². The van der Waals surface area contributed by atoms with Crippen molar-refractivity contribution in [2.24, 2.45) is 5.73 Å². The van der Waals surface area contributed by atoms with Gasteiger partial charge in [-0.15, -0.1) is 24.0 Å². The highest BCUT2D eigenvalue weighted by Crippen LogP contribution is 1.95. The Labute approximate surface area is 60.0 Å². The van der Waals surface area contributed by atoms with Crippen molar-refractivity contribution >= 4 is 24.0 Å². The smallest absolute Gasteiger partial charge is 0.135 e. The second kappa shape index (κ2) is 5.17. The van der Waals surface area contributed by atoms with Crippen LogP contribution in [0.25, 0.3) is 0 Å². The Morgan fingerprint density at radius 1 is 1.75 bits per heavy atom. The summed E-state index contributed by atoms with van der Waals surface area (Å²) in [7, 11) is 0. The lowest BCUT2D eigenvalue weighted by Gasteiger charge is -2.00. The monoisotopic (exact) mass is 154 g/mol. The van der Waals surface area contributed by atoms with Crippen LogP contribution in [-0.4, -0.2) is 11.4 Å². The molecule has 0 aromatic rings. The fourth-order valence-electron chi connectivity index (χ4n) is 0.118. The van der Waals surface area contributed by atoms with Crippen molar-refractivity contribution in [2.45, 2.75) is 18.3 Å². The zero-order valence-corrected chi connectivity index (χ0v) is 6.04. The second-order valence-corrected chi connectivity index (χ2v) is 1.86. The number of nitrogens with two attached hydrogens (primary N) is 1. The lowest BCUT2D eigenvalue weighted by atomic mass is 10.3. The number of hydrogen-bond acceptors (Lipinski definition) is 2. The van der Waals surface area contributed by atoms with Crippen molar-refractivity contribution in [3.63, 3.8) is 0 Å². The van der Waals surface area contributed by atoms with Crippen molar-refractivity contribution in [3.05, 3.63) is 0 Å². The van der Waals surface area contributed by atoms with Crippen molar-refractivity contribution in [1.29, 1.82) is 5.26 Å². The number of nitrogens with zero attached hydrogens (tertiary/aromatic N) is 1. The maximum Gasteiger partial charge on any atom is 0.135 e. The van der Waals surface area contributed by atoms with Gasteiger partial charge in [0.2, 0.25) is 0 Å². The number of hydrogen-bond donors (Lipinski definition) is 1. The lowest BCUT2D eigenvalue weighted by Crippen LogP contribution is -2.25. The predicted octanol–water partition coefficient (Wildman–Crippen LogP) is 0.886. The van der Waals surface area contributed by atoms with E-state index in [1.807, 2.05) is 0 Å². The van der Waals surface area contributed by atoms with Crippen LogP contribution in [-0.2, 0) is 0 Å². The van der Waals surface area contributed by atoms with E-state index in [9.17, 15) is 0 Å². The molecule has 0 saturated carbocycles. The molecule has 48 valence electrons. The van der Waals surface area contributed by atoms with E-state index < -0.39 is 5.38 Å². The highest BCUT2D eigenvalue weighted by Gasteiger charge is 2.05. The molecule has 2 atom stereocenters. The third-order valence-corrected chi connectivity index (χ3v) is 1.08. The van der Waals surface area contributed by atoms with Crippen LogP contribution in [0.3, 0.4) is 0 Å². The summed E-state index contributed by atoms with van der Waals surface area (Å²) in [6.45, 7) is 1.70. The summed E-state index contributed by atoms with van der Waals surface area (Å²) >= 11 is 5.31. The molecule has 0 rings (SSSR count). The quantitative estimate of drug-likeness (QED) is 0.571. The Balaban J connectivity index is 0. The molecule has 0 amide bonds.